The molecule has 6 fully saturated rings. The number of rotatable bonds is 3. The van der Waals surface area contributed by atoms with Gasteiger partial charge in [0.25, 0.3) is 0 Å². The van der Waals surface area contributed by atoms with Crippen LogP contribution in [0.3, 0.4) is 0 Å². The number of aliphatic hydroxyl groups excluding tert-OH is 4. The van der Waals surface area contributed by atoms with Gasteiger partial charge in [0, 0.05) is 12.3 Å². The van der Waals surface area contributed by atoms with Gasteiger partial charge >= 0.3 is 0 Å². The molecule has 230 valence electrons. The van der Waals surface area contributed by atoms with E-state index in [9.17, 15) is 20.4 Å². The molecule has 0 aromatic rings. The van der Waals surface area contributed by atoms with Crippen LogP contribution in [0.15, 0.2) is 23.8 Å². The number of fused-ring (bicyclic) bond motifs is 7. The molecular formula is C33H50O8. The molecule has 41 heavy (non-hydrogen) atoms. The lowest BCUT2D eigenvalue weighted by Crippen LogP contribution is -2.60. The maximum Gasteiger partial charge on any atom is 0.186 e. The summed E-state index contributed by atoms with van der Waals surface area (Å²) in [5, 5.41) is 40.4. The van der Waals surface area contributed by atoms with Crippen LogP contribution in [0.25, 0.3) is 0 Å². The van der Waals surface area contributed by atoms with Gasteiger partial charge in [0.15, 0.2) is 12.1 Å². The first-order valence-corrected chi connectivity index (χ1v) is 16.1. The molecule has 0 bridgehead atoms. The molecule has 8 heteroatoms. The minimum Gasteiger partial charge on any atom is -0.394 e. The van der Waals surface area contributed by atoms with E-state index in [1.54, 1.807) is 0 Å². The van der Waals surface area contributed by atoms with Gasteiger partial charge in [0.2, 0.25) is 0 Å². The molecule has 3 saturated carbocycles. The summed E-state index contributed by atoms with van der Waals surface area (Å²) in [6.07, 6.45) is 5.79. The lowest BCUT2D eigenvalue weighted by Gasteiger charge is -2.58. The molecule has 1 spiro atoms. The van der Waals surface area contributed by atoms with Crippen LogP contribution in [0.1, 0.15) is 78.6 Å². The maximum absolute atomic E-state index is 10.5. The molecule has 1 unspecified atom stereocenters. The van der Waals surface area contributed by atoms with Crippen molar-refractivity contribution in [3.05, 3.63) is 23.8 Å². The van der Waals surface area contributed by atoms with Gasteiger partial charge in [-0.05, 0) is 85.9 Å². The highest BCUT2D eigenvalue weighted by Gasteiger charge is 2.68. The predicted octanol–water partition coefficient (Wildman–Crippen LogP) is 3.46. The van der Waals surface area contributed by atoms with E-state index in [0.29, 0.717) is 36.2 Å². The summed E-state index contributed by atoms with van der Waals surface area (Å²) in [4.78, 5) is 0. The normalized spacial score (nSPS) is 56.6. The van der Waals surface area contributed by atoms with Gasteiger partial charge in [-0.3, -0.25) is 0 Å². The summed E-state index contributed by atoms with van der Waals surface area (Å²) < 4.78 is 25.1. The van der Waals surface area contributed by atoms with Crippen molar-refractivity contribution in [2.75, 3.05) is 13.2 Å². The fourth-order valence-corrected chi connectivity index (χ4v) is 11.0. The van der Waals surface area contributed by atoms with Crippen LogP contribution >= 0.6 is 0 Å². The first-order valence-electron chi connectivity index (χ1n) is 16.1. The van der Waals surface area contributed by atoms with Crippen molar-refractivity contribution < 1.29 is 39.4 Å². The van der Waals surface area contributed by atoms with Crippen molar-refractivity contribution in [2.45, 2.75) is 127 Å². The number of aliphatic hydroxyl groups is 4. The van der Waals surface area contributed by atoms with Crippen molar-refractivity contribution in [2.24, 2.45) is 40.4 Å². The third kappa shape index (κ3) is 4.22. The molecule has 8 nitrogen and oxygen atoms in total. The van der Waals surface area contributed by atoms with E-state index in [1.807, 2.05) is 0 Å². The van der Waals surface area contributed by atoms with Gasteiger partial charge in [-0.25, -0.2) is 0 Å². The Morgan fingerprint density at radius 1 is 1.05 bits per heavy atom. The highest BCUT2D eigenvalue weighted by molar-refractivity contribution is 5.26. The Bertz CT molecular complexity index is 1060. The fraction of sp³-hybridized carbons (Fsp3) is 0.879. The van der Waals surface area contributed by atoms with Crippen LogP contribution in [0.4, 0.5) is 0 Å². The van der Waals surface area contributed by atoms with Crippen molar-refractivity contribution >= 4 is 0 Å². The monoisotopic (exact) mass is 574 g/mol. The molecule has 4 aliphatic carbocycles. The van der Waals surface area contributed by atoms with E-state index in [0.717, 1.165) is 44.9 Å². The lowest BCUT2D eigenvalue weighted by atomic mass is 9.47. The topological polar surface area (TPSA) is 118 Å². The molecule has 7 rings (SSSR count). The Morgan fingerprint density at radius 2 is 1.85 bits per heavy atom. The van der Waals surface area contributed by atoms with E-state index < -0.39 is 43.1 Å². The van der Waals surface area contributed by atoms with Crippen LogP contribution in [0.2, 0.25) is 0 Å². The van der Waals surface area contributed by atoms with E-state index >= 15 is 0 Å². The highest BCUT2D eigenvalue weighted by atomic mass is 16.7. The van der Waals surface area contributed by atoms with Gasteiger partial charge in [-0.1, -0.05) is 44.6 Å². The maximum atomic E-state index is 10.5. The number of allylic oxidation sites excluding steroid dienone is 1. The zero-order valence-electron chi connectivity index (χ0n) is 24.9. The molecule has 0 aromatic carbocycles. The third-order valence-corrected chi connectivity index (χ3v) is 13.3. The number of hydrogen-bond donors (Lipinski definition) is 4. The Kier molecular flexibility index (Phi) is 7.12. The number of hydrogen-bond acceptors (Lipinski definition) is 8. The predicted molar refractivity (Wildman–Crippen MR) is 150 cm³/mol. The minimum absolute atomic E-state index is 0.135. The van der Waals surface area contributed by atoms with Crippen LogP contribution in [-0.4, -0.2) is 82.3 Å². The van der Waals surface area contributed by atoms with Crippen molar-refractivity contribution in [3.63, 3.8) is 0 Å². The lowest BCUT2D eigenvalue weighted by molar-refractivity contribution is -0.313. The van der Waals surface area contributed by atoms with E-state index in [-0.39, 0.29) is 23.0 Å². The molecule has 3 heterocycles. The van der Waals surface area contributed by atoms with Crippen molar-refractivity contribution in [1.29, 1.82) is 0 Å². The van der Waals surface area contributed by atoms with Gasteiger partial charge in [0.1, 0.15) is 24.4 Å². The third-order valence-electron chi connectivity index (χ3n) is 13.3. The second-order valence-corrected chi connectivity index (χ2v) is 15.1. The first kappa shape index (κ1) is 28.9. The Labute approximate surface area is 244 Å². The zero-order valence-corrected chi connectivity index (χ0v) is 24.9. The minimum atomic E-state index is -1.41. The van der Waals surface area contributed by atoms with Crippen LogP contribution < -0.4 is 0 Å². The van der Waals surface area contributed by atoms with E-state index in [2.05, 4.69) is 33.4 Å². The summed E-state index contributed by atoms with van der Waals surface area (Å²) >= 11 is 0. The molecule has 0 aromatic heterocycles. The summed E-state index contributed by atoms with van der Waals surface area (Å²) in [7, 11) is 0. The second-order valence-electron chi connectivity index (χ2n) is 15.1. The SMILES string of the molecule is C=C1CC[C@@]2(OC1)O[C@H]1C[C@H]3[C@@H]4CC=C5CC(O[C@@H]6O[C@H](CO)[C@@H](O)[C@H](O)[C@H]6O)CC[C@]5(C)[C@H]4CC[C@]3(C)[C@H]1[C@@H]2C. The Balaban J connectivity index is 1.05. The highest BCUT2D eigenvalue weighted by Crippen LogP contribution is 2.70. The zero-order chi connectivity index (χ0) is 28.9. The Morgan fingerprint density at radius 3 is 2.59 bits per heavy atom. The number of ether oxygens (including phenoxy) is 4. The molecule has 0 amide bonds. The van der Waals surface area contributed by atoms with Gasteiger partial charge in [-0.15, -0.1) is 0 Å². The summed E-state index contributed by atoms with van der Waals surface area (Å²) in [6, 6.07) is 0. The molecule has 7 aliphatic rings. The summed E-state index contributed by atoms with van der Waals surface area (Å²) in [5.41, 5.74) is 3.05. The molecule has 3 aliphatic heterocycles. The van der Waals surface area contributed by atoms with E-state index in [1.165, 1.54) is 24.0 Å². The largest absolute Gasteiger partial charge is 0.394 e. The van der Waals surface area contributed by atoms with Crippen LogP contribution in [0.5, 0.6) is 0 Å². The smallest absolute Gasteiger partial charge is 0.186 e. The summed E-state index contributed by atoms with van der Waals surface area (Å²) in [5.74, 6) is 2.48. The van der Waals surface area contributed by atoms with Gasteiger partial charge in [0.05, 0.1) is 25.4 Å². The van der Waals surface area contributed by atoms with Gasteiger partial charge < -0.3 is 39.4 Å². The fourth-order valence-electron chi connectivity index (χ4n) is 11.0. The summed E-state index contributed by atoms with van der Waals surface area (Å²) in [6.45, 7) is 11.7. The molecule has 15 atom stereocenters. The second kappa shape index (κ2) is 10.1. The first-order chi connectivity index (χ1) is 19.5. The van der Waals surface area contributed by atoms with Crippen LogP contribution in [0, 0.1) is 40.4 Å². The van der Waals surface area contributed by atoms with Gasteiger partial charge in [-0.2, -0.15) is 0 Å². The molecule has 0 radical (unpaired) electrons. The average Bonchev–Trinajstić information content (AvgIpc) is 3.40. The molecule has 3 saturated heterocycles. The average molecular weight is 575 g/mol. The molecular weight excluding hydrogens is 524 g/mol. The van der Waals surface area contributed by atoms with E-state index in [4.69, 9.17) is 18.9 Å². The standard InChI is InChI=1S/C33H50O8/c1-17-7-12-33(38-16-17)18(2)26-24(41-33)14-23-21-6-5-19-13-20(8-10-31(19,3)22(21)9-11-32(23,26)4)39-30-29(37)28(36)27(35)25(15-34)40-30/h5,18,20-30,34-37H,1,6-16H2,2-4H3/t18-,20?,21+,22-,23-,24-,25+,26-,27+,28-,29+,30+,31-,32-,33+/m0/s1. The Hall–Kier alpha value is -0.840. The van der Waals surface area contributed by atoms with Crippen molar-refractivity contribution in [3.8, 4) is 0 Å². The van der Waals surface area contributed by atoms with Crippen molar-refractivity contribution in [1.82, 2.24) is 0 Å². The quantitative estimate of drug-likeness (QED) is 0.379. The molecule has 4 N–H and O–H groups in total. The van der Waals surface area contributed by atoms with Crippen LogP contribution in [-0.2, 0) is 18.9 Å².